The first-order chi connectivity index (χ1) is 9.33. The lowest BCUT2D eigenvalue weighted by Crippen LogP contribution is -2.32. The topological polar surface area (TPSA) is 80.2 Å². The normalized spacial score (nSPS) is 22.9. The Morgan fingerprint density at radius 2 is 2.10 bits per heavy atom. The van der Waals surface area contributed by atoms with Crippen LogP contribution in [0.25, 0.3) is 0 Å². The van der Waals surface area contributed by atoms with Crippen molar-refractivity contribution in [1.29, 1.82) is 0 Å². The fraction of sp³-hybridized carbons (Fsp3) is 0.615. The van der Waals surface area contributed by atoms with Crippen molar-refractivity contribution in [2.75, 3.05) is 7.05 Å². The minimum Gasteiger partial charge on any atom is -0.354 e. The quantitative estimate of drug-likeness (QED) is 0.865. The molecule has 1 aromatic rings. The molecule has 1 heterocycles. The molecule has 1 aliphatic rings. The van der Waals surface area contributed by atoms with Crippen LogP contribution in [0.2, 0.25) is 0 Å². The van der Waals surface area contributed by atoms with Crippen LogP contribution in [0.5, 0.6) is 0 Å². The van der Waals surface area contributed by atoms with Gasteiger partial charge in [-0.15, -0.1) is 0 Å². The van der Waals surface area contributed by atoms with Gasteiger partial charge in [0.2, 0.25) is 10.0 Å². The zero-order chi connectivity index (χ0) is 14.9. The second-order valence-corrected chi connectivity index (χ2v) is 7.20. The minimum absolute atomic E-state index is 0.00124. The van der Waals surface area contributed by atoms with Crippen molar-refractivity contribution in [3.05, 3.63) is 18.0 Å². The smallest absolute Gasteiger partial charge is 0.267 e. The molecule has 1 amide bonds. The number of carbonyl (C=O) groups excluding carboxylic acids is 1. The highest BCUT2D eigenvalue weighted by atomic mass is 32.2. The van der Waals surface area contributed by atoms with Gasteiger partial charge in [0.1, 0.15) is 10.6 Å². The molecule has 0 saturated heterocycles. The Hall–Kier alpha value is -1.34. The van der Waals surface area contributed by atoms with E-state index in [1.54, 1.807) is 7.05 Å². The molecule has 0 spiro atoms. The third-order valence-electron chi connectivity index (χ3n) is 3.77. The average molecular weight is 299 g/mol. The highest BCUT2D eigenvalue weighted by Crippen LogP contribution is 2.26. The molecule has 2 atom stereocenters. The fourth-order valence-electron chi connectivity index (χ4n) is 2.64. The van der Waals surface area contributed by atoms with Crippen molar-refractivity contribution in [1.82, 2.24) is 14.6 Å². The molecule has 1 aromatic heterocycles. The summed E-state index contributed by atoms with van der Waals surface area (Å²) in [6.07, 6.45) is 4.25. The Kier molecular flexibility index (Phi) is 4.19. The van der Waals surface area contributed by atoms with Crippen molar-refractivity contribution in [3.8, 4) is 0 Å². The van der Waals surface area contributed by atoms with E-state index >= 15 is 0 Å². The summed E-state index contributed by atoms with van der Waals surface area (Å²) in [7, 11) is -0.392. The van der Waals surface area contributed by atoms with Crippen molar-refractivity contribution >= 4 is 15.9 Å². The van der Waals surface area contributed by atoms with Crippen LogP contribution in [0.4, 0.5) is 0 Å². The van der Waals surface area contributed by atoms with Gasteiger partial charge in [-0.25, -0.2) is 13.1 Å². The summed E-state index contributed by atoms with van der Waals surface area (Å²) < 4.78 is 28.9. The van der Waals surface area contributed by atoms with E-state index in [0.717, 1.165) is 19.3 Å². The van der Waals surface area contributed by atoms with Crippen molar-refractivity contribution < 1.29 is 13.2 Å². The molecule has 7 heteroatoms. The van der Waals surface area contributed by atoms with Gasteiger partial charge in [0.05, 0.1) is 0 Å². The Balaban J connectivity index is 2.19. The molecule has 0 aliphatic heterocycles. The van der Waals surface area contributed by atoms with Gasteiger partial charge in [-0.3, -0.25) is 4.79 Å². The van der Waals surface area contributed by atoms with E-state index in [-0.39, 0.29) is 16.8 Å². The van der Waals surface area contributed by atoms with Gasteiger partial charge in [-0.2, -0.15) is 0 Å². The first-order valence-electron chi connectivity index (χ1n) is 6.74. The molecule has 2 rings (SSSR count). The third-order valence-corrected chi connectivity index (χ3v) is 5.25. The van der Waals surface area contributed by atoms with Crippen LogP contribution < -0.4 is 10.0 Å². The summed E-state index contributed by atoms with van der Waals surface area (Å²) >= 11 is 0. The van der Waals surface area contributed by atoms with Gasteiger partial charge in [0.25, 0.3) is 5.91 Å². The zero-order valence-electron chi connectivity index (χ0n) is 12.0. The first-order valence-corrected chi connectivity index (χ1v) is 8.22. The number of nitrogens with zero attached hydrogens (tertiary/aromatic N) is 1. The van der Waals surface area contributed by atoms with E-state index in [1.807, 2.05) is 0 Å². The first kappa shape index (κ1) is 15.1. The number of aromatic nitrogens is 1. The Morgan fingerprint density at radius 1 is 1.40 bits per heavy atom. The number of rotatable bonds is 4. The maximum Gasteiger partial charge on any atom is 0.267 e. The van der Waals surface area contributed by atoms with Gasteiger partial charge in [0, 0.05) is 26.3 Å². The average Bonchev–Trinajstić information content (AvgIpc) is 2.94. The molecule has 20 heavy (non-hydrogen) atoms. The number of carbonyl (C=O) groups is 1. The maximum atomic E-state index is 12.3. The molecule has 1 fully saturated rings. The van der Waals surface area contributed by atoms with Crippen molar-refractivity contribution in [3.63, 3.8) is 0 Å². The summed E-state index contributed by atoms with van der Waals surface area (Å²) in [5.41, 5.74) is 0.327. The van der Waals surface area contributed by atoms with Crippen LogP contribution in [0.1, 0.15) is 36.7 Å². The number of amides is 1. The molecular formula is C13H21N3O3S. The molecule has 1 aliphatic carbocycles. The Bertz CT molecular complexity index is 606. The van der Waals surface area contributed by atoms with Crippen LogP contribution in [-0.2, 0) is 17.1 Å². The number of hydrogen-bond acceptors (Lipinski definition) is 3. The van der Waals surface area contributed by atoms with Crippen LogP contribution in [0.3, 0.4) is 0 Å². The summed E-state index contributed by atoms with van der Waals surface area (Å²) in [6, 6.07) is 1.40. The molecule has 112 valence electrons. The number of aryl methyl sites for hydroxylation is 1. The lowest BCUT2D eigenvalue weighted by molar-refractivity contribution is 0.0955. The molecular weight excluding hydrogens is 278 g/mol. The van der Waals surface area contributed by atoms with E-state index in [4.69, 9.17) is 0 Å². The van der Waals surface area contributed by atoms with Crippen LogP contribution in [-0.4, -0.2) is 32.0 Å². The monoisotopic (exact) mass is 299 g/mol. The van der Waals surface area contributed by atoms with Gasteiger partial charge in [0.15, 0.2) is 0 Å². The van der Waals surface area contributed by atoms with Gasteiger partial charge in [-0.1, -0.05) is 6.92 Å². The number of nitrogens with one attached hydrogen (secondary N) is 2. The van der Waals surface area contributed by atoms with Crippen molar-refractivity contribution in [2.24, 2.45) is 13.0 Å². The predicted octanol–water partition coefficient (Wildman–Crippen LogP) is 0.852. The van der Waals surface area contributed by atoms with Crippen LogP contribution in [0.15, 0.2) is 17.2 Å². The molecule has 0 radical (unpaired) electrons. The fourth-order valence-corrected chi connectivity index (χ4v) is 3.99. The maximum absolute atomic E-state index is 12.3. The Labute approximate surface area is 119 Å². The summed E-state index contributed by atoms with van der Waals surface area (Å²) in [5, 5.41) is 2.49. The largest absolute Gasteiger partial charge is 0.354 e. The molecule has 0 aromatic carbocycles. The van der Waals surface area contributed by atoms with E-state index in [2.05, 4.69) is 17.0 Å². The third kappa shape index (κ3) is 3.04. The SMILES string of the molecule is CNC(=O)c1cc(S(=O)(=O)NC2CCC(C)C2)cn1C. The van der Waals surface area contributed by atoms with Gasteiger partial charge >= 0.3 is 0 Å². The van der Waals surface area contributed by atoms with Crippen LogP contribution in [0, 0.1) is 5.92 Å². The second kappa shape index (κ2) is 5.57. The summed E-state index contributed by atoms with van der Waals surface area (Å²) in [6.45, 7) is 2.13. The molecule has 2 unspecified atom stereocenters. The number of sulfonamides is 1. The zero-order valence-corrected chi connectivity index (χ0v) is 12.8. The molecule has 2 N–H and O–H groups in total. The number of hydrogen-bond donors (Lipinski definition) is 2. The highest BCUT2D eigenvalue weighted by molar-refractivity contribution is 7.89. The van der Waals surface area contributed by atoms with E-state index in [1.165, 1.54) is 23.9 Å². The molecule has 1 saturated carbocycles. The van der Waals surface area contributed by atoms with E-state index in [9.17, 15) is 13.2 Å². The lowest BCUT2D eigenvalue weighted by atomic mass is 10.1. The molecule has 0 bridgehead atoms. The van der Waals surface area contributed by atoms with Crippen LogP contribution >= 0.6 is 0 Å². The molecule has 6 nitrogen and oxygen atoms in total. The van der Waals surface area contributed by atoms with E-state index < -0.39 is 10.0 Å². The minimum atomic E-state index is -3.56. The summed E-state index contributed by atoms with van der Waals surface area (Å²) in [5.74, 6) is 0.253. The van der Waals surface area contributed by atoms with E-state index in [0.29, 0.717) is 11.6 Å². The van der Waals surface area contributed by atoms with Gasteiger partial charge in [-0.05, 0) is 31.2 Å². The van der Waals surface area contributed by atoms with Gasteiger partial charge < -0.3 is 9.88 Å². The summed E-state index contributed by atoms with van der Waals surface area (Å²) in [4.78, 5) is 11.8. The second-order valence-electron chi connectivity index (χ2n) is 5.49. The van der Waals surface area contributed by atoms with Crippen molar-refractivity contribution in [2.45, 2.75) is 37.1 Å². The predicted molar refractivity (Wildman–Crippen MR) is 75.9 cm³/mol. The highest BCUT2D eigenvalue weighted by Gasteiger charge is 2.27. The Morgan fingerprint density at radius 3 is 2.65 bits per heavy atom. The lowest BCUT2D eigenvalue weighted by Gasteiger charge is -2.11. The standard InChI is InChI=1S/C13H21N3O3S/c1-9-4-5-10(6-9)15-20(18,19)11-7-12(13(17)14-2)16(3)8-11/h7-10,15H,4-6H2,1-3H3,(H,14,17).